The highest BCUT2D eigenvalue weighted by Crippen LogP contribution is 2.50. The number of benzene rings is 2. The Bertz CT molecular complexity index is 1130. The summed E-state index contributed by atoms with van der Waals surface area (Å²) in [6.45, 7) is 2.40. The monoisotopic (exact) mass is 399 g/mol. The van der Waals surface area contributed by atoms with E-state index in [1.54, 1.807) is 23.0 Å². The Kier molecular flexibility index (Phi) is 4.55. The first kappa shape index (κ1) is 19.0. The van der Waals surface area contributed by atoms with E-state index in [9.17, 15) is 18.3 Å². The van der Waals surface area contributed by atoms with E-state index in [0.29, 0.717) is 17.8 Å². The van der Waals surface area contributed by atoms with Crippen molar-refractivity contribution in [1.82, 2.24) is 9.78 Å². The molecule has 148 valence electrons. The summed E-state index contributed by atoms with van der Waals surface area (Å²) in [6.07, 6.45) is -1.16. The van der Waals surface area contributed by atoms with E-state index < -0.39 is 24.3 Å². The molecule has 1 aliphatic rings. The number of nitriles is 1. The van der Waals surface area contributed by atoms with Crippen molar-refractivity contribution in [1.29, 1.82) is 5.26 Å². The number of alkyl halides is 2. The summed E-state index contributed by atoms with van der Waals surface area (Å²) in [6, 6.07) is 10.0. The number of rotatable bonds is 4. The molecule has 4 rings (SSSR count). The molecule has 0 amide bonds. The van der Waals surface area contributed by atoms with Gasteiger partial charge in [-0.15, -0.1) is 0 Å². The molecule has 0 fully saturated rings. The van der Waals surface area contributed by atoms with Crippen molar-refractivity contribution in [2.75, 3.05) is 0 Å². The highest BCUT2D eigenvalue weighted by molar-refractivity contribution is 5.70. The first-order valence-corrected chi connectivity index (χ1v) is 8.96. The Hall–Kier alpha value is -3.31. The Morgan fingerprint density at radius 3 is 2.83 bits per heavy atom. The SMILES string of the molecule is CCn1nccc1-c1ccc(Oc2cc(F)cc(C#N)c2)c2c1C(O)C(F)(F)C2. The van der Waals surface area contributed by atoms with E-state index in [4.69, 9.17) is 10.00 Å². The van der Waals surface area contributed by atoms with Gasteiger partial charge in [-0.25, -0.2) is 13.2 Å². The van der Waals surface area contributed by atoms with Crippen LogP contribution in [0.1, 0.15) is 29.7 Å². The quantitative estimate of drug-likeness (QED) is 0.696. The highest BCUT2D eigenvalue weighted by atomic mass is 19.3. The molecule has 1 heterocycles. The molecular weight excluding hydrogens is 383 g/mol. The third-order valence-corrected chi connectivity index (χ3v) is 4.92. The van der Waals surface area contributed by atoms with Gasteiger partial charge in [-0.05, 0) is 37.3 Å². The third-order valence-electron chi connectivity index (χ3n) is 4.92. The van der Waals surface area contributed by atoms with Gasteiger partial charge >= 0.3 is 0 Å². The lowest BCUT2D eigenvalue weighted by Gasteiger charge is -2.17. The van der Waals surface area contributed by atoms with Gasteiger partial charge in [-0.2, -0.15) is 10.4 Å². The minimum Gasteiger partial charge on any atom is -0.457 e. The van der Waals surface area contributed by atoms with E-state index in [0.717, 1.165) is 12.1 Å². The van der Waals surface area contributed by atoms with Gasteiger partial charge in [-0.1, -0.05) is 0 Å². The molecule has 0 aliphatic heterocycles. The maximum atomic E-state index is 14.4. The lowest BCUT2D eigenvalue weighted by atomic mass is 9.98. The van der Waals surface area contributed by atoms with E-state index in [1.165, 1.54) is 12.1 Å². The molecule has 1 aromatic heterocycles. The van der Waals surface area contributed by atoms with Crippen molar-refractivity contribution >= 4 is 0 Å². The van der Waals surface area contributed by atoms with E-state index >= 15 is 0 Å². The van der Waals surface area contributed by atoms with E-state index in [1.807, 2.05) is 13.0 Å². The number of hydrogen-bond donors (Lipinski definition) is 1. The van der Waals surface area contributed by atoms with Crippen molar-refractivity contribution < 1.29 is 23.0 Å². The normalized spacial score (nSPS) is 17.0. The largest absolute Gasteiger partial charge is 0.457 e. The summed E-state index contributed by atoms with van der Waals surface area (Å²) in [5, 5.41) is 23.5. The summed E-state index contributed by atoms with van der Waals surface area (Å²) in [5.74, 6) is -3.95. The van der Waals surface area contributed by atoms with E-state index in [2.05, 4.69) is 5.10 Å². The zero-order chi connectivity index (χ0) is 20.8. The maximum absolute atomic E-state index is 14.4. The van der Waals surface area contributed by atoms with Crippen LogP contribution in [0.5, 0.6) is 11.5 Å². The van der Waals surface area contributed by atoms with Crippen LogP contribution in [-0.4, -0.2) is 20.8 Å². The Labute approximate surface area is 164 Å². The van der Waals surface area contributed by atoms with Crippen molar-refractivity contribution in [3.63, 3.8) is 0 Å². The number of aryl methyl sites for hydroxylation is 1. The average molecular weight is 399 g/mol. The predicted octanol–water partition coefficient (Wildman–Crippen LogP) is 4.60. The molecule has 0 spiro atoms. The first-order valence-electron chi connectivity index (χ1n) is 8.96. The van der Waals surface area contributed by atoms with Gasteiger partial charge in [0.25, 0.3) is 5.92 Å². The molecule has 0 radical (unpaired) electrons. The number of fused-ring (bicyclic) bond motifs is 1. The van der Waals surface area contributed by atoms with E-state index in [-0.39, 0.29) is 28.2 Å². The second-order valence-corrected chi connectivity index (χ2v) is 6.77. The minimum absolute atomic E-state index is 0.0137. The molecule has 0 bridgehead atoms. The summed E-state index contributed by atoms with van der Waals surface area (Å²) < 4.78 is 49.8. The van der Waals surface area contributed by atoms with Gasteiger partial charge in [-0.3, -0.25) is 4.68 Å². The van der Waals surface area contributed by atoms with Crippen LogP contribution in [0.3, 0.4) is 0 Å². The van der Waals surface area contributed by atoms with Crippen LogP contribution in [0.15, 0.2) is 42.6 Å². The van der Waals surface area contributed by atoms with Gasteiger partial charge in [0.15, 0.2) is 0 Å². The van der Waals surface area contributed by atoms with Crippen molar-refractivity contribution in [3.8, 4) is 28.8 Å². The lowest BCUT2D eigenvalue weighted by Crippen LogP contribution is -2.21. The van der Waals surface area contributed by atoms with Gasteiger partial charge in [0.05, 0.1) is 17.3 Å². The number of aromatic nitrogens is 2. The smallest absolute Gasteiger partial charge is 0.281 e. The summed E-state index contributed by atoms with van der Waals surface area (Å²) in [7, 11) is 0. The van der Waals surface area contributed by atoms with Gasteiger partial charge in [0.1, 0.15) is 23.4 Å². The van der Waals surface area contributed by atoms with Crippen LogP contribution < -0.4 is 4.74 Å². The molecule has 0 saturated heterocycles. The number of hydrogen-bond acceptors (Lipinski definition) is 4. The number of aliphatic hydroxyl groups excluding tert-OH is 1. The standard InChI is InChI=1S/C21H16F3N3O2/c1-2-27-17(5-6-26-27)15-3-4-18(16-10-21(23,24)20(28)19(15)16)29-14-8-12(11-25)7-13(22)9-14/h3-9,20,28H,2,10H2,1H3. The lowest BCUT2D eigenvalue weighted by molar-refractivity contribution is -0.0967. The van der Waals surface area contributed by atoms with Crippen LogP contribution in [0.4, 0.5) is 13.2 Å². The highest BCUT2D eigenvalue weighted by Gasteiger charge is 2.49. The molecular formula is C21H16F3N3O2. The second kappa shape index (κ2) is 6.94. The Morgan fingerprint density at radius 2 is 2.10 bits per heavy atom. The average Bonchev–Trinajstić information content (AvgIpc) is 3.25. The number of halogens is 3. The summed E-state index contributed by atoms with van der Waals surface area (Å²) in [4.78, 5) is 0. The van der Waals surface area contributed by atoms with Crippen LogP contribution in [0.25, 0.3) is 11.3 Å². The zero-order valence-corrected chi connectivity index (χ0v) is 15.4. The van der Waals surface area contributed by atoms with Crippen molar-refractivity contribution in [3.05, 3.63) is 65.1 Å². The molecule has 3 aromatic rings. The third kappa shape index (κ3) is 3.23. The Balaban J connectivity index is 1.85. The summed E-state index contributed by atoms with van der Waals surface area (Å²) in [5.41, 5.74) is 1.30. The minimum atomic E-state index is -3.37. The summed E-state index contributed by atoms with van der Waals surface area (Å²) >= 11 is 0. The van der Waals surface area contributed by atoms with Crippen LogP contribution in [-0.2, 0) is 13.0 Å². The fraction of sp³-hybridized carbons (Fsp3) is 0.238. The number of nitrogens with zero attached hydrogens (tertiary/aromatic N) is 3. The fourth-order valence-corrected chi connectivity index (χ4v) is 3.63. The maximum Gasteiger partial charge on any atom is 0.281 e. The van der Waals surface area contributed by atoms with Crippen LogP contribution in [0, 0.1) is 17.1 Å². The fourth-order valence-electron chi connectivity index (χ4n) is 3.63. The van der Waals surface area contributed by atoms with Crippen molar-refractivity contribution in [2.45, 2.75) is 31.9 Å². The molecule has 0 saturated carbocycles. The molecule has 2 aromatic carbocycles. The van der Waals surface area contributed by atoms with Crippen LogP contribution >= 0.6 is 0 Å². The molecule has 1 unspecified atom stereocenters. The zero-order valence-electron chi connectivity index (χ0n) is 15.4. The van der Waals surface area contributed by atoms with Gasteiger partial charge in [0.2, 0.25) is 0 Å². The molecule has 1 atom stereocenters. The molecule has 5 nitrogen and oxygen atoms in total. The molecule has 1 N–H and O–H groups in total. The molecule has 1 aliphatic carbocycles. The van der Waals surface area contributed by atoms with Crippen molar-refractivity contribution in [2.24, 2.45) is 0 Å². The second-order valence-electron chi connectivity index (χ2n) is 6.77. The number of ether oxygens (including phenoxy) is 1. The van der Waals surface area contributed by atoms with Crippen LogP contribution in [0.2, 0.25) is 0 Å². The topological polar surface area (TPSA) is 71.1 Å². The predicted molar refractivity (Wildman–Crippen MR) is 98.1 cm³/mol. The van der Waals surface area contributed by atoms with Gasteiger partial charge in [0, 0.05) is 41.9 Å². The molecule has 29 heavy (non-hydrogen) atoms. The number of aliphatic hydroxyl groups is 1. The molecule has 8 heteroatoms. The van der Waals surface area contributed by atoms with Gasteiger partial charge < -0.3 is 9.84 Å². The first-order chi connectivity index (χ1) is 13.8. The Morgan fingerprint density at radius 1 is 1.31 bits per heavy atom.